The lowest BCUT2D eigenvalue weighted by molar-refractivity contribution is 0.414. The second-order valence-corrected chi connectivity index (χ2v) is 6.62. The molecule has 21 heavy (non-hydrogen) atoms. The molecule has 3 nitrogen and oxygen atoms in total. The Bertz CT molecular complexity index is 712. The van der Waals surface area contributed by atoms with Crippen molar-refractivity contribution < 1.29 is 13.2 Å². The highest BCUT2D eigenvalue weighted by molar-refractivity contribution is 7.94. The minimum absolute atomic E-state index is 0.319. The van der Waals surface area contributed by atoms with Gasteiger partial charge in [0.05, 0.1) is 12.0 Å². The van der Waals surface area contributed by atoms with Crippen molar-refractivity contribution in [2.45, 2.75) is 18.2 Å². The lowest BCUT2D eigenvalue weighted by Gasteiger charge is -2.01. The highest BCUT2D eigenvalue weighted by Gasteiger charge is 2.09. The Balaban J connectivity index is 2.07. The maximum Gasteiger partial charge on any atom is 0.199 e. The van der Waals surface area contributed by atoms with Gasteiger partial charge in [-0.1, -0.05) is 35.9 Å². The summed E-state index contributed by atoms with van der Waals surface area (Å²) in [5.74, 6) is 0.787. The predicted molar refractivity (Wildman–Crippen MR) is 84.2 cm³/mol. The van der Waals surface area contributed by atoms with Gasteiger partial charge in [0.1, 0.15) is 5.75 Å². The molecule has 0 amide bonds. The Hall–Kier alpha value is -2.07. The van der Waals surface area contributed by atoms with E-state index in [-0.39, 0.29) is 0 Å². The van der Waals surface area contributed by atoms with Crippen LogP contribution in [-0.4, -0.2) is 15.5 Å². The molecule has 0 aliphatic carbocycles. The quantitative estimate of drug-likeness (QED) is 0.848. The number of ether oxygens (including phenoxy) is 1. The number of benzene rings is 2. The molecule has 0 bridgehead atoms. The van der Waals surface area contributed by atoms with Crippen LogP contribution in [0.1, 0.15) is 11.1 Å². The van der Waals surface area contributed by atoms with E-state index >= 15 is 0 Å². The maximum absolute atomic E-state index is 12.1. The van der Waals surface area contributed by atoms with Crippen molar-refractivity contribution in [3.05, 3.63) is 71.1 Å². The normalized spacial score (nSPS) is 11.7. The molecule has 2 rings (SSSR count). The van der Waals surface area contributed by atoms with Crippen molar-refractivity contribution in [3.63, 3.8) is 0 Å². The molecule has 0 saturated carbocycles. The standard InChI is InChI=1S/C17H18O3S/c1-14-5-11-17(12-6-14)21(18,19)13-3-4-15-7-9-16(20-2)10-8-15/h3,5-13H,4H2,1-2H3/b13-3+. The van der Waals surface area contributed by atoms with Crippen molar-refractivity contribution in [2.75, 3.05) is 7.11 Å². The van der Waals surface area contributed by atoms with Crippen molar-refractivity contribution in [3.8, 4) is 5.75 Å². The summed E-state index contributed by atoms with van der Waals surface area (Å²) in [5, 5.41) is 1.27. The number of aryl methyl sites for hydroxylation is 1. The van der Waals surface area contributed by atoms with E-state index in [1.54, 1.807) is 37.5 Å². The molecule has 110 valence electrons. The number of rotatable bonds is 5. The Morgan fingerprint density at radius 3 is 2.19 bits per heavy atom. The fraction of sp³-hybridized carbons (Fsp3) is 0.176. The van der Waals surface area contributed by atoms with E-state index in [0.717, 1.165) is 16.9 Å². The predicted octanol–water partition coefficient (Wildman–Crippen LogP) is 3.53. The molecule has 4 heteroatoms. The van der Waals surface area contributed by atoms with Crippen LogP contribution in [0, 0.1) is 6.92 Å². The third-order valence-electron chi connectivity index (χ3n) is 3.14. The first-order valence-corrected chi connectivity index (χ1v) is 8.17. The van der Waals surface area contributed by atoms with Gasteiger partial charge in [0.25, 0.3) is 0 Å². The van der Waals surface area contributed by atoms with Crippen LogP contribution in [-0.2, 0) is 16.3 Å². The zero-order valence-electron chi connectivity index (χ0n) is 12.1. The van der Waals surface area contributed by atoms with Crippen LogP contribution in [0.4, 0.5) is 0 Å². The molecule has 2 aromatic carbocycles. The lowest BCUT2D eigenvalue weighted by atomic mass is 10.1. The molecule has 0 saturated heterocycles. The molecular formula is C17H18O3S. The van der Waals surface area contributed by atoms with E-state index in [2.05, 4.69) is 0 Å². The van der Waals surface area contributed by atoms with Crippen LogP contribution in [0.5, 0.6) is 5.75 Å². The van der Waals surface area contributed by atoms with Crippen molar-refractivity contribution in [2.24, 2.45) is 0 Å². The maximum atomic E-state index is 12.1. The van der Waals surface area contributed by atoms with Gasteiger partial charge in [-0.05, 0) is 43.2 Å². The second kappa shape index (κ2) is 6.59. The zero-order valence-corrected chi connectivity index (χ0v) is 12.9. The molecule has 0 spiro atoms. The van der Waals surface area contributed by atoms with Gasteiger partial charge in [-0.15, -0.1) is 0 Å². The first kappa shape index (κ1) is 15.3. The molecular weight excluding hydrogens is 284 g/mol. The van der Waals surface area contributed by atoms with E-state index in [0.29, 0.717) is 11.3 Å². The average Bonchev–Trinajstić information content (AvgIpc) is 2.48. The first-order valence-electron chi connectivity index (χ1n) is 6.62. The van der Waals surface area contributed by atoms with Gasteiger partial charge < -0.3 is 4.74 Å². The molecule has 0 N–H and O–H groups in total. The smallest absolute Gasteiger partial charge is 0.199 e. The van der Waals surface area contributed by atoms with Gasteiger partial charge in [0.2, 0.25) is 0 Å². The highest BCUT2D eigenvalue weighted by Crippen LogP contribution is 2.15. The SMILES string of the molecule is COc1ccc(C/C=C/S(=O)(=O)c2ccc(C)cc2)cc1. The van der Waals surface area contributed by atoms with Crippen LogP contribution in [0.25, 0.3) is 0 Å². The second-order valence-electron chi connectivity index (χ2n) is 4.78. The van der Waals surface area contributed by atoms with E-state index in [9.17, 15) is 8.42 Å². The van der Waals surface area contributed by atoms with Gasteiger partial charge in [-0.3, -0.25) is 0 Å². The Morgan fingerprint density at radius 1 is 1.00 bits per heavy atom. The van der Waals surface area contributed by atoms with Crippen LogP contribution >= 0.6 is 0 Å². The Morgan fingerprint density at radius 2 is 1.62 bits per heavy atom. The van der Waals surface area contributed by atoms with Crippen LogP contribution in [0.2, 0.25) is 0 Å². The average molecular weight is 302 g/mol. The summed E-state index contributed by atoms with van der Waals surface area (Å²) in [7, 11) is -1.75. The van der Waals surface area contributed by atoms with Crippen LogP contribution < -0.4 is 4.74 Å². The summed E-state index contributed by atoms with van der Waals surface area (Å²) in [5.41, 5.74) is 2.07. The van der Waals surface area contributed by atoms with Crippen LogP contribution in [0.15, 0.2) is 64.9 Å². The number of methoxy groups -OCH3 is 1. The number of hydrogen-bond donors (Lipinski definition) is 0. The topological polar surface area (TPSA) is 43.4 Å². The molecule has 2 aromatic rings. The number of hydrogen-bond acceptors (Lipinski definition) is 3. The molecule has 0 radical (unpaired) electrons. The summed E-state index contributed by atoms with van der Waals surface area (Å²) >= 11 is 0. The summed E-state index contributed by atoms with van der Waals surface area (Å²) in [4.78, 5) is 0.319. The van der Waals surface area contributed by atoms with Gasteiger partial charge >= 0.3 is 0 Å². The minimum atomic E-state index is -3.37. The van der Waals surface area contributed by atoms with E-state index < -0.39 is 9.84 Å². The van der Waals surface area contributed by atoms with Gasteiger partial charge in [-0.25, -0.2) is 8.42 Å². The van der Waals surface area contributed by atoms with E-state index in [1.807, 2.05) is 31.2 Å². The Kier molecular flexibility index (Phi) is 4.81. The van der Waals surface area contributed by atoms with E-state index in [1.165, 1.54) is 5.41 Å². The summed E-state index contributed by atoms with van der Waals surface area (Å²) in [6, 6.07) is 14.4. The summed E-state index contributed by atoms with van der Waals surface area (Å²) in [6.45, 7) is 1.93. The lowest BCUT2D eigenvalue weighted by Crippen LogP contribution is -1.96. The summed E-state index contributed by atoms with van der Waals surface area (Å²) < 4.78 is 29.3. The Labute approximate surface area is 125 Å². The van der Waals surface area contributed by atoms with E-state index in [4.69, 9.17) is 4.74 Å². The molecule has 0 atom stereocenters. The molecule has 0 heterocycles. The first-order chi connectivity index (χ1) is 10.0. The largest absolute Gasteiger partial charge is 0.497 e. The third-order valence-corrected chi connectivity index (χ3v) is 4.62. The minimum Gasteiger partial charge on any atom is -0.497 e. The van der Waals surface area contributed by atoms with Crippen molar-refractivity contribution in [1.82, 2.24) is 0 Å². The number of allylic oxidation sites excluding steroid dienone is 1. The highest BCUT2D eigenvalue weighted by atomic mass is 32.2. The van der Waals surface area contributed by atoms with Gasteiger partial charge in [0.15, 0.2) is 9.84 Å². The molecule has 0 unspecified atom stereocenters. The fourth-order valence-electron chi connectivity index (χ4n) is 1.88. The molecule has 0 aromatic heterocycles. The molecule has 0 fully saturated rings. The van der Waals surface area contributed by atoms with Gasteiger partial charge in [-0.2, -0.15) is 0 Å². The molecule has 0 aliphatic rings. The zero-order chi connectivity index (χ0) is 15.3. The molecule has 0 aliphatic heterocycles. The monoisotopic (exact) mass is 302 g/mol. The third kappa shape index (κ3) is 4.20. The van der Waals surface area contributed by atoms with Crippen LogP contribution in [0.3, 0.4) is 0 Å². The number of sulfone groups is 1. The fourth-order valence-corrected chi connectivity index (χ4v) is 2.90. The summed E-state index contributed by atoms with van der Waals surface area (Å²) in [6.07, 6.45) is 2.23. The van der Waals surface area contributed by atoms with Crippen molar-refractivity contribution >= 4 is 9.84 Å². The van der Waals surface area contributed by atoms with Gasteiger partial charge in [0, 0.05) is 5.41 Å². The van der Waals surface area contributed by atoms with Crippen molar-refractivity contribution in [1.29, 1.82) is 0 Å².